The van der Waals surface area contributed by atoms with Crippen molar-refractivity contribution in [1.29, 1.82) is 0 Å². The van der Waals surface area contributed by atoms with Gasteiger partial charge in [-0.05, 0) is 30.2 Å². The van der Waals surface area contributed by atoms with Gasteiger partial charge in [-0.15, -0.1) is 11.3 Å². The average Bonchev–Trinajstić information content (AvgIpc) is 3.13. The Labute approximate surface area is 116 Å². The summed E-state index contributed by atoms with van der Waals surface area (Å²) in [4.78, 5) is 9.87. The Hall–Kier alpha value is -1.40. The van der Waals surface area contributed by atoms with E-state index in [1.807, 2.05) is 18.5 Å². The maximum Gasteiger partial charge on any atom is 0.225 e. The fourth-order valence-corrected chi connectivity index (χ4v) is 2.64. The molecule has 5 nitrogen and oxygen atoms in total. The molecule has 6 heteroatoms. The highest BCUT2D eigenvalue weighted by atomic mass is 32.1. The first-order valence-corrected chi connectivity index (χ1v) is 7.49. The Kier molecular flexibility index (Phi) is 3.79. The van der Waals surface area contributed by atoms with Gasteiger partial charge in [-0.2, -0.15) is 4.98 Å². The number of fused-ring (bicyclic) bond motifs is 1. The Morgan fingerprint density at radius 1 is 1.42 bits per heavy atom. The van der Waals surface area contributed by atoms with E-state index < -0.39 is 0 Å². The summed E-state index contributed by atoms with van der Waals surface area (Å²) in [5.41, 5.74) is 0. The summed E-state index contributed by atoms with van der Waals surface area (Å²) < 4.78 is 5.61. The zero-order chi connectivity index (χ0) is 13.1. The van der Waals surface area contributed by atoms with Gasteiger partial charge in [-0.3, -0.25) is 0 Å². The first-order chi connectivity index (χ1) is 9.36. The molecule has 1 aliphatic carbocycles. The minimum absolute atomic E-state index is 0.649. The standard InChI is InChI=1S/C13H18N4OS/c1-14-13-16-11(10-4-7-19-12(10)17-13)15-5-6-18-8-9-2-3-9/h4,7,9H,2-3,5-6,8H2,1H3,(H2,14,15,16,17). The van der Waals surface area contributed by atoms with Crippen LogP contribution < -0.4 is 10.6 Å². The molecule has 0 aromatic carbocycles. The van der Waals surface area contributed by atoms with E-state index in [1.54, 1.807) is 11.3 Å². The molecule has 0 spiro atoms. The normalized spacial score (nSPS) is 14.8. The molecule has 3 rings (SSSR count). The summed E-state index contributed by atoms with van der Waals surface area (Å²) in [6.07, 6.45) is 2.67. The number of nitrogens with one attached hydrogen (secondary N) is 2. The monoisotopic (exact) mass is 278 g/mol. The number of ether oxygens (including phenoxy) is 1. The SMILES string of the molecule is CNc1nc(NCCOCC2CC2)c2ccsc2n1. The van der Waals surface area contributed by atoms with Gasteiger partial charge >= 0.3 is 0 Å². The van der Waals surface area contributed by atoms with E-state index in [4.69, 9.17) is 4.74 Å². The van der Waals surface area contributed by atoms with Crippen molar-refractivity contribution in [3.63, 3.8) is 0 Å². The van der Waals surface area contributed by atoms with E-state index in [-0.39, 0.29) is 0 Å². The van der Waals surface area contributed by atoms with Crippen molar-refractivity contribution >= 4 is 33.3 Å². The fourth-order valence-electron chi connectivity index (χ4n) is 1.88. The molecule has 0 bridgehead atoms. The number of hydrogen-bond donors (Lipinski definition) is 2. The van der Waals surface area contributed by atoms with Crippen molar-refractivity contribution in [3.05, 3.63) is 11.4 Å². The lowest BCUT2D eigenvalue weighted by atomic mass is 10.4. The highest BCUT2D eigenvalue weighted by Crippen LogP contribution is 2.29. The second-order valence-corrected chi connectivity index (χ2v) is 5.62. The molecule has 0 amide bonds. The van der Waals surface area contributed by atoms with E-state index in [9.17, 15) is 0 Å². The number of hydrogen-bond acceptors (Lipinski definition) is 6. The highest BCUT2D eigenvalue weighted by molar-refractivity contribution is 7.16. The summed E-state index contributed by atoms with van der Waals surface area (Å²) in [5.74, 6) is 2.35. The Balaban J connectivity index is 1.60. The van der Waals surface area contributed by atoms with Crippen LogP contribution in [0, 0.1) is 5.92 Å². The lowest BCUT2D eigenvalue weighted by molar-refractivity contribution is 0.134. The van der Waals surface area contributed by atoms with Gasteiger partial charge in [0.2, 0.25) is 5.95 Å². The van der Waals surface area contributed by atoms with Crippen LogP contribution in [0.2, 0.25) is 0 Å². The van der Waals surface area contributed by atoms with Crippen LogP contribution in [0.3, 0.4) is 0 Å². The van der Waals surface area contributed by atoms with Crippen LogP contribution in [-0.4, -0.2) is 36.8 Å². The Morgan fingerprint density at radius 2 is 2.32 bits per heavy atom. The smallest absolute Gasteiger partial charge is 0.225 e. The van der Waals surface area contributed by atoms with E-state index in [1.165, 1.54) is 12.8 Å². The molecule has 2 N–H and O–H groups in total. The molecule has 0 atom stereocenters. The molecule has 2 heterocycles. The molecule has 19 heavy (non-hydrogen) atoms. The van der Waals surface area contributed by atoms with Crippen molar-refractivity contribution < 1.29 is 4.74 Å². The molecule has 0 radical (unpaired) electrons. The predicted octanol–water partition coefficient (Wildman–Crippen LogP) is 2.57. The van der Waals surface area contributed by atoms with Crippen LogP contribution in [-0.2, 0) is 4.74 Å². The van der Waals surface area contributed by atoms with E-state index >= 15 is 0 Å². The van der Waals surface area contributed by atoms with Crippen molar-refractivity contribution in [2.75, 3.05) is 37.4 Å². The van der Waals surface area contributed by atoms with Crippen molar-refractivity contribution in [1.82, 2.24) is 9.97 Å². The van der Waals surface area contributed by atoms with Gasteiger partial charge in [0.05, 0.1) is 12.0 Å². The van der Waals surface area contributed by atoms with Crippen LogP contribution in [0.25, 0.3) is 10.2 Å². The molecular weight excluding hydrogens is 260 g/mol. The number of thiophene rings is 1. The zero-order valence-electron chi connectivity index (χ0n) is 11.0. The largest absolute Gasteiger partial charge is 0.379 e. The quantitative estimate of drug-likeness (QED) is 0.762. The lowest BCUT2D eigenvalue weighted by Gasteiger charge is -2.09. The summed E-state index contributed by atoms with van der Waals surface area (Å²) in [5, 5.41) is 9.43. The number of aromatic nitrogens is 2. The number of rotatable bonds is 7. The van der Waals surface area contributed by atoms with Crippen LogP contribution in [0.5, 0.6) is 0 Å². The summed E-state index contributed by atoms with van der Waals surface area (Å²) in [6.45, 7) is 2.40. The van der Waals surface area contributed by atoms with Crippen molar-refractivity contribution in [3.8, 4) is 0 Å². The number of anilines is 2. The molecule has 2 aromatic rings. The summed E-state index contributed by atoms with van der Waals surface area (Å²) in [7, 11) is 1.83. The van der Waals surface area contributed by atoms with Crippen LogP contribution in [0.1, 0.15) is 12.8 Å². The summed E-state index contributed by atoms with van der Waals surface area (Å²) >= 11 is 1.62. The molecule has 0 unspecified atom stereocenters. The Bertz CT molecular complexity index is 553. The zero-order valence-corrected chi connectivity index (χ0v) is 11.8. The van der Waals surface area contributed by atoms with Crippen LogP contribution in [0.4, 0.5) is 11.8 Å². The van der Waals surface area contributed by atoms with E-state index in [0.717, 1.165) is 41.7 Å². The van der Waals surface area contributed by atoms with Gasteiger partial charge < -0.3 is 15.4 Å². The van der Waals surface area contributed by atoms with Crippen LogP contribution in [0.15, 0.2) is 11.4 Å². The molecule has 1 fully saturated rings. The fraction of sp³-hybridized carbons (Fsp3) is 0.538. The first kappa shape index (κ1) is 12.6. The molecule has 102 valence electrons. The van der Waals surface area contributed by atoms with Crippen LogP contribution >= 0.6 is 11.3 Å². The molecule has 0 saturated heterocycles. The van der Waals surface area contributed by atoms with Gasteiger partial charge in [0, 0.05) is 20.2 Å². The molecule has 1 saturated carbocycles. The van der Waals surface area contributed by atoms with Gasteiger partial charge in [0.25, 0.3) is 0 Å². The lowest BCUT2D eigenvalue weighted by Crippen LogP contribution is -2.12. The van der Waals surface area contributed by atoms with Gasteiger partial charge in [0.1, 0.15) is 10.6 Å². The molecule has 2 aromatic heterocycles. The minimum Gasteiger partial charge on any atom is -0.379 e. The number of nitrogens with zero attached hydrogens (tertiary/aromatic N) is 2. The minimum atomic E-state index is 0.649. The third-order valence-electron chi connectivity index (χ3n) is 3.14. The van der Waals surface area contributed by atoms with Gasteiger partial charge in [0.15, 0.2) is 0 Å². The predicted molar refractivity (Wildman–Crippen MR) is 79.0 cm³/mol. The maximum atomic E-state index is 5.61. The molecular formula is C13H18N4OS. The second-order valence-electron chi connectivity index (χ2n) is 4.73. The van der Waals surface area contributed by atoms with Crippen molar-refractivity contribution in [2.24, 2.45) is 5.92 Å². The van der Waals surface area contributed by atoms with E-state index in [0.29, 0.717) is 5.95 Å². The Morgan fingerprint density at radius 3 is 3.11 bits per heavy atom. The maximum absolute atomic E-state index is 5.61. The molecule has 1 aliphatic rings. The third kappa shape index (κ3) is 3.13. The second kappa shape index (κ2) is 5.71. The van der Waals surface area contributed by atoms with E-state index in [2.05, 4.69) is 20.6 Å². The highest BCUT2D eigenvalue weighted by Gasteiger charge is 2.20. The first-order valence-electron chi connectivity index (χ1n) is 6.61. The average molecular weight is 278 g/mol. The van der Waals surface area contributed by atoms with Gasteiger partial charge in [-0.1, -0.05) is 0 Å². The van der Waals surface area contributed by atoms with Crippen molar-refractivity contribution in [2.45, 2.75) is 12.8 Å². The van der Waals surface area contributed by atoms with Gasteiger partial charge in [-0.25, -0.2) is 4.98 Å². The topological polar surface area (TPSA) is 59.1 Å². The summed E-state index contributed by atoms with van der Waals surface area (Å²) in [6, 6.07) is 2.05. The third-order valence-corrected chi connectivity index (χ3v) is 3.94. The molecule has 0 aliphatic heterocycles.